The lowest BCUT2D eigenvalue weighted by molar-refractivity contribution is 0.796. The fourth-order valence-corrected chi connectivity index (χ4v) is 2.88. The lowest BCUT2D eigenvalue weighted by Crippen LogP contribution is -2.07. The maximum absolute atomic E-state index is 3.26. The molecular formula is C19H22N2. The maximum atomic E-state index is 3.26. The highest BCUT2D eigenvalue weighted by atomic mass is 15.0. The van der Waals surface area contributed by atoms with Crippen molar-refractivity contribution in [2.45, 2.75) is 26.4 Å². The summed E-state index contributed by atoms with van der Waals surface area (Å²) < 4.78 is 2.35. The van der Waals surface area contributed by atoms with Crippen LogP contribution in [0, 0.1) is 0 Å². The van der Waals surface area contributed by atoms with E-state index in [9.17, 15) is 0 Å². The molecule has 2 nitrogen and oxygen atoms in total. The van der Waals surface area contributed by atoms with E-state index in [-0.39, 0.29) is 0 Å². The van der Waals surface area contributed by atoms with Crippen LogP contribution in [0.15, 0.2) is 54.7 Å². The van der Waals surface area contributed by atoms with Gasteiger partial charge < -0.3 is 9.88 Å². The Bertz CT molecular complexity index is 723. The molecule has 1 aromatic heterocycles. The summed E-state index contributed by atoms with van der Waals surface area (Å²) in [7, 11) is 2.00. The predicted molar refractivity (Wildman–Crippen MR) is 89.6 cm³/mol. The molecule has 0 radical (unpaired) electrons. The van der Waals surface area contributed by atoms with Gasteiger partial charge in [0.15, 0.2) is 0 Å². The number of fused-ring (bicyclic) bond motifs is 1. The second kappa shape index (κ2) is 6.15. The number of hydrogen-bond donors (Lipinski definition) is 1. The van der Waals surface area contributed by atoms with Crippen molar-refractivity contribution in [2.24, 2.45) is 0 Å². The second-order valence-corrected chi connectivity index (χ2v) is 5.50. The molecule has 1 heterocycles. The van der Waals surface area contributed by atoms with Crippen molar-refractivity contribution in [1.82, 2.24) is 9.88 Å². The number of benzene rings is 2. The van der Waals surface area contributed by atoms with Gasteiger partial charge in [0.2, 0.25) is 0 Å². The largest absolute Gasteiger partial charge is 0.343 e. The molecule has 2 heteroatoms. The molecule has 2 aromatic carbocycles. The number of rotatable bonds is 5. The van der Waals surface area contributed by atoms with Gasteiger partial charge in [0.1, 0.15) is 0 Å². The molecule has 0 fully saturated rings. The van der Waals surface area contributed by atoms with Crippen LogP contribution >= 0.6 is 0 Å². The van der Waals surface area contributed by atoms with E-state index in [1.165, 1.54) is 27.6 Å². The fourth-order valence-electron chi connectivity index (χ4n) is 2.88. The maximum Gasteiger partial charge on any atom is 0.0529 e. The molecule has 0 bridgehead atoms. The Balaban J connectivity index is 1.96. The van der Waals surface area contributed by atoms with Crippen molar-refractivity contribution >= 4 is 10.9 Å². The SMILES string of the molecule is CCc1ccc(Cn2ccc3cccc(CNC)c32)cc1. The van der Waals surface area contributed by atoms with E-state index in [0.717, 1.165) is 19.5 Å². The zero-order valence-electron chi connectivity index (χ0n) is 12.8. The minimum atomic E-state index is 0.899. The standard InChI is InChI=1S/C19H22N2/c1-3-15-7-9-16(10-8-15)14-21-12-11-17-5-4-6-18(13-20-2)19(17)21/h4-12,20H,3,13-14H2,1-2H3. The van der Waals surface area contributed by atoms with Crippen molar-refractivity contribution in [2.75, 3.05) is 7.05 Å². The zero-order valence-corrected chi connectivity index (χ0v) is 12.8. The van der Waals surface area contributed by atoms with Gasteiger partial charge in [-0.25, -0.2) is 0 Å². The molecule has 1 N–H and O–H groups in total. The van der Waals surface area contributed by atoms with Gasteiger partial charge in [0.05, 0.1) is 5.52 Å². The van der Waals surface area contributed by atoms with Crippen molar-refractivity contribution in [3.63, 3.8) is 0 Å². The van der Waals surface area contributed by atoms with Crippen LogP contribution in [0.2, 0.25) is 0 Å². The van der Waals surface area contributed by atoms with Crippen molar-refractivity contribution < 1.29 is 0 Å². The molecule has 3 aromatic rings. The molecule has 0 atom stereocenters. The van der Waals surface area contributed by atoms with E-state index in [1.54, 1.807) is 0 Å². The first-order valence-corrected chi connectivity index (χ1v) is 7.61. The minimum Gasteiger partial charge on any atom is -0.343 e. The molecule has 0 saturated heterocycles. The third-order valence-corrected chi connectivity index (χ3v) is 4.02. The van der Waals surface area contributed by atoms with Crippen molar-refractivity contribution in [3.05, 3.63) is 71.4 Å². The molecule has 0 saturated carbocycles. The highest BCUT2D eigenvalue weighted by Crippen LogP contribution is 2.21. The Hall–Kier alpha value is -2.06. The molecule has 21 heavy (non-hydrogen) atoms. The van der Waals surface area contributed by atoms with Gasteiger partial charge in [-0.1, -0.05) is 49.4 Å². The number of para-hydroxylation sites is 1. The lowest BCUT2D eigenvalue weighted by atomic mass is 10.1. The third-order valence-electron chi connectivity index (χ3n) is 4.02. The highest BCUT2D eigenvalue weighted by molar-refractivity contribution is 5.83. The Morgan fingerprint density at radius 2 is 1.71 bits per heavy atom. The second-order valence-electron chi connectivity index (χ2n) is 5.50. The first kappa shape index (κ1) is 13.9. The zero-order chi connectivity index (χ0) is 14.7. The molecule has 0 spiro atoms. The number of aryl methyl sites for hydroxylation is 1. The van der Waals surface area contributed by atoms with Crippen LogP contribution in [-0.4, -0.2) is 11.6 Å². The van der Waals surface area contributed by atoms with E-state index in [1.807, 2.05) is 7.05 Å². The number of aromatic nitrogens is 1. The Labute approximate surface area is 126 Å². The molecule has 0 aliphatic heterocycles. The number of hydrogen-bond acceptors (Lipinski definition) is 1. The van der Waals surface area contributed by atoms with Gasteiger partial charge in [-0.15, -0.1) is 0 Å². The van der Waals surface area contributed by atoms with E-state index >= 15 is 0 Å². The Kier molecular flexibility index (Phi) is 4.07. The van der Waals surface area contributed by atoms with E-state index < -0.39 is 0 Å². The summed E-state index contributed by atoms with van der Waals surface area (Å²) in [5, 5.41) is 4.57. The summed E-state index contributed by atoms with van der Waals surface area (Å²) in [5.74, 6) is 0. The summed E-state index contributed by atoms with van der Waals surface area (Å²) in [4.78, 5) is 0. The van der Waals surface area contributed by atoms with Gasteiger partial charge in [0.25, 0.3) is 0 Å². The smallest absolute Gasteiger partial charge is 0.0529 e. The predicted octanol–water partition coefficient (Wildman–Crippen LogP) is 3.97. The minimum absolute atomic E-state index is 0.899. The molecule has 108 valence electrons. The van der Waals surface area contributed by atoms with Crippen molar-refractivity contribution in [3.8, 4) is 0 Å². The molecule has 0 aliphatic carbocycles. The summed E-state index contributed by atoms with van der Waals surface area (Å²) in [5.41, 5.74) is 5.44. The highest BCUT2D eigenvalue weighted by Gasteiger charge is 2.06. The van der Waals surface area contributed by atoms with Crippen LogP contribution in [-0.2, 0) is 19.5 Å². The summed E-state index contributed by atoms with van der Waals surface area (Å²) in [6.07, 6.45) is 3.29. The van der Waals surface area contributed by atoms with Gasteiger partial charge in [-0.05, 0) is 41.6 Å². The van der Waals surface area contributed by atoms with E-state index in [4.69, 9.17) is 0 Å². The van der Waals surface area contributed by atoms with Crippen LogP contribution in [0.1, 0.15) is 23.6 Å². The first-order chi connectivity index (χ1) is 10.3. The molecule has 0 amide bonds. The van der Waals surface area contributed by atoms with Crippen LogP contribution in [0.4, 0.5) is 0 Å². The number of nitrogens with zero attached hydrogens (tertiary/aromatic N) is 1. The summed E-state index contributed by atoms with van der Waals surface area (Å²) in [6, 6.07) is 17.7. The quantitative estimate of drug-likeness (QED) is 0.747. The van der Waals surface area contributed by atoms with E-state index in [0.29, 0.717) is 0 Å². The topological polar surface area (TPSA) is 17.0 Å². The molecule has 0 unspecified atom stereocenters. The van der Waals surface area contributed by atoms with E-state index in [2.05, 4.69) is 71.5 Å². The Morgan fingerprint density at radius 1 is 0.952 bits per heavy atom. The van der Waals surface area contributed by atoms with Crippen LogP contribution < -0.4 is 5.32 Å². The average Bonchev–Trinajstić information content (AvgIpc) is 2.93. The summed E-state index contributed by atoms with van der Waals surface area (Å²) >= 11 is 0. The lowest BCUT2D eigenvalue weighted by Gasteiger charge is -2.10. The fraction of sp³-hybridized carbons (Fsp3) is 0.263. The molecule has 3 rings (SSSR count). The average molecular weight is 278 g/mol. The van der Waals surface area contributed by atoms with Gasteiger partial charge >= 0.3 is 0 Å². The van der Waals surface area contributed by atoms with Gasteiger partial charge in [-0.2, -0.15) is 0 Å². The number of nitrogens with one attached hydrogen (secondary N) is 1. The Morgan fingerprint density at radius 3 is 2.43 bits per heavy atom. The van der Waals surface area contributed by atoms with Gasteiger partial charge in [-0.3, -0.25) is 0 Å². The third kappa shape index (κ3) is 2.86. The van der Waals surface area contributed by atoms with Crippen LogP contribution in [0.5, 0.6) is 0 Å². The van der Waals surface area contributed by atoms with Crippen LogP contribution in [0.3, 0.4) is 0 Å². The van der Waals surface area contributed by atoms with Crippen LogP contribution in [0.25, 0.3) is 10.9 Å². The monoisotopic (exact) mass is 278 g/mol. The van der Waals surface area contributed by atoms with Gasteiger partial charge in [0, 0.05) is 19.3 Å². The molecule has 0 aliphatic rings. The summed E-state index contributed by atoms with van der Waals surface area (Å²) in [6.45, 7) is 4.02. The molecular weight excluding hydrogens is 256 g/mol. The van der Waals surface area contributed by atoms with Crippen molar-refractivity contribution in [1.29, 1.82) is 0 Å². The first-order valence-electron chi connectivity index (χ1n) is 7.61. The normalized spacial score (nSPS) is 11.1.